The first kappa shape index (κ1) is 9.20. The summed E-state index contributed by atoms with van der Waals surface area (Å²) < 4.78 is 1.30. The van der Waals surface area contributed by atoms with Crippen LogP contribution in [0.4, 0.5) is 0 Å². The van der Waals surface area contributed by atoms with E-state index in [1.54, 1.807) is 0 Å². The summed E-state index contributed by atoms with van der Waals surface area (Å²) in [6.45, 7) is 0. The first-order valence-corrected chi connectivity index (χ1v) is 5.01. The molecule has 0 bridgehead atoms. The maximum atomic E-state index is 9.21. The Bertz CT molecular complexity index is 304. The number of thiazole rings is 1. The molecule has 1 N–H and O–H groups in total. The van der Waals surface area contributed by atoms with Gasteiger partial charge in [0.15, 0.2) is 10.0 Å². The zero-order valence-corrected chi connectivity index (χ0v) is 9.20. The lowest BCUT2D eigenvalue weighted by atomic mass is 10.3. The SMILES string of the molecule is C#CC(O)c1sc(Br)nc1Br. The third-order valence-electron chi connectivity index (χ3n) is 0.990. The molecule has 0 saturated carbocycles. The van der Waals surface area contributed by atoms with Crippen LogP contribution in [0.3, 0.4) is 0 Å². The number of terminal acetylenes is 1. The van der Waals surface area contributed by atoms with Crippen molar-refractivity contribution in [3.8, 4) is 12.3 Å². The monoisotopic (exact) mass is 295 g/mol. The highest BCUT2D eigenvalue weighted by Gasteiger charge is 2.13. The third kappa shape index (κ3) is 2.03. The molecule has 0 aromatic carbocycles. The molecule has 1 atom stereocenters. The van der Waals surface area contributed by atoms with Crippen LogP contribution in [0, 0.1) is 12.3 Å². The summed E-state index contributed by atoms with van der Waals surface area (Å²) in [7, 11) is 0. The molecule has 2 nitrogen and oxygen atoms in total. The highest BCUT2D eigenvalue weighted by molar-refractivity contribution is 9.11. The average Bonchev–Trinajstić information content (AvgIpc) is 2.28. The van der Waals surface area contributed by atoms with Crippen molar-refractivity contribution in [2.45, 2.75) is 6.10 Å². The average molecular weight is 297 g/mol. The maximum Gasteiger partial charge on any atom is 0.160 e. The standard InChI is InChI=1S/C6H3Br2NOS/c1-2-3(10)4-5(7)9-6(8)11-4/h1,3,10H. The Labute approximate surface area is 84.9 Å². The normalized spacial score (nSPS) is 12.5. The molecule has 1 aromatic rings. The second-order valence-corrected chi connectivity index (χ2v) is 4.75. The second kappa shape index (κ2) is 3.68. The van der Waals surface area contributed by atoms with E-state index in [1.165, 1.54) is 11.3 Å². The third-order valence-corrected chi connectivity index (χ3v) is 3.42. The van der Waals surface area contributed by atoms with E-state index < -0.39 is 6.10 Å². The number of hydrogen-bond donors (Lipinski definition) is 1. The fourth-order valence-corrected chi connectivity index (χ4v) is 2.85. The largest absolute Gasteiger partial charge is 0.375 e. The van der Waals surface area contributed by atoms with E-state index in [1.807, 2.05) is 0 Å². The van der Waals surface area contributed by atoms with Crippen LogP contribution in [0.15, 0.2) is 8.52 Å². The van der Waals surface area contributed by atoms with Gasteiger partial charge in [-0.05, 0) is 31.9 Å². The van der Waals surface area contributed by atoms with Crippen LogP contribution in [0.1, 0.15) is 11.0 Å². The van der Waals surface area contributed by atoms with E-state index in [2.05, 4.69) is 42.8 Å². The molecule has 1 unspecified atom stereocenters. The number of halogens is 2. The highest BCUT2D eigenvalue weighted by Crippen LogP contribution is 2.31. The molecule has 58 valence electrons. The quantitative estimate of drug-likeness (QED) is 0.807. The van der Waals surface area contributed by atoms with E-state index in [4.69, 9.17) is 6.42 Å². The van der Waals surface area contributed by atoms with Crippen molar-refractivity contribution >= 4 is 43.2 Å². The molecular formula is C6H3Br2NOS. The van der Waals surface area contributed by atoms with Gasteiger partial charge in [-0.15, -0.1) is 17.8 Å². The zero-order chi connectivity index (χ0) is 8.43. The molecule has 0 aliphatic heterocycles. The van der Waals surface area contributed by atoms with E-state index in [0.29, 0.717) is 13.4 Å². The smallest absolute Gasteiger partial charge is 0.160 e. The summed E-state index contributed by atoms with van der Waals surface area (Å²) in [5, 5.41) is 9.21. The van der Waals surface area contributed by atoms with E-state index in [-0.39, 0.29) is 0 Å². The van der Waals surface area contributed by atoms with E-state index in [9.17, 15) is 5.11 Å². The van der Waals surface area contributed by atoms with Gasteiger partial charge < -0.3 is 5.11 Å². The zero-order valence-electron chi connectivity index (χ0n) is 5.21. The number of aliphatic hydroxyl groups excluding tert-OH is 1. The predicted molar refractivity (Wildman–Crippen MR) is 51.3 cm³/mol. The molecule has 0 fully saturated rings. The van der Waals surface area contributed by atoms with E-state index >= 15 is 0 Å². The lowest BCUT2D eigenvalue weighted by molar-refractivity contribution is 0.241. The van der Waals surface area contributed by atoms with Crippen molar-refractivity contribution < 1.29 is 5.11 Å². The van der Waals surface area contributed by atoms with Gasteiger partial charge in [0.1, 0.15) is 4.60 Å². The molecule has 0 saturated heterocycles. The minimum absolute atomic E-state index is 0.597. The van der Waals surface area contributed by atoms with Crippen LogP contribution in [0.5, 0.6) is 0 Å². The van der Waals surface area contributed by atoms with Crippen LogP contribution in [0.2, 0.25) is 0 Å². The number of hydrogen-bond acceptors (Lipinski definition) is 3. The molecule has 5 heteroatoms. The summed E-state index contributed by atoms with van der Waals surface area (Å²) in [4.78, 5) is 4.63. The van der Waals surface area contributed by atoms with Crippen LogP contribution >= 0.6 is 43.2 Å². The molecule has 0 aliphatic rings. The minimum Gasteiger partial charge on any atom is -0.375 e. The van der Waals surface area contributed by atoms with Crippen molar-refractivity contribution in [2.24, 2.45) is 0 Å². The Hall–Kier alpha value is 0.110. The molecular weight excluding hydrogens is 294 g/mol. The van der Waals surface area contributed by atoms with Gasteiger partial charge in [-0.1, -0.05) is 5.92 Å². The van der Waals surface area contributed by atoms with Gasteiger partial charge >= 0.3 is 0 Å². The van der Waals surface area contributed by atoms with Crippen molar-refractivity contribution in [2.75, 3.05) is 0 Å². The van der Waals surface area contributed by atoms with Gasteiger partial charge in [-0.3, -0.25) is 0 Å². The van der Waals surface area contributed by atoms with E-state index in [0.717, 1.165) is 0 Å². The Balaban J connectivity index is 3.05. The lowest BCUT2D eigenvalue weighted by Gasteiger charge is -1.96. The van der Waals surface area contributed by atoms with Crippen LogP contribution in [-0.4, -0.2) is 10.1 Å². The summed E-state index contributed by atoms with van der Waals surface area (Å²) in [6, 6.07) is 0. The first-order chi connectivity index (χ1) is 5.15. The van der Waals surface area contributed by atoms with Crippen molar-refractivity contribution in [1.29, 1.82) is 0 Å². The maximum absolute atomic E-state index is 9.21. The molecule has 1 aromatic heterocycles. The van der Waals surface area contributed by atoms with Gasteiger partial charge in [0.2, 0.25) is 0 Å². The fourth-order valence-electron chi connectivity index (χ4n) is 0.532. The van der Waals surface area contributed by atoms with Crippen LogP contribution in [-0.2, 0) is 0 Å². The highest BCUT2D eigenvalue weighted by atomic mass is 79.9. The summed E-state index contributed by atoms with van der Waals surface area (Å²) in [6.07, 6.45) is 4.16. The van der Waals surface area contributed by atoms with Crippen molar-refractivity contribution in [3.63, 3.8) is 0 Å². The second-order valence-electron chi connectivity index (χ2n) is 1.69. The van der Waals surface area contributed by atoms with Gasteiger partial charge in [-0.25, -0.2) is 4.98 Å². The molecule has 0 spiro atoms. The lowest BCUT2D eigenvalue weighted by Crippen LogP contribution is -1.89. The Morgan fingerprint density at radius 3 is 2.64 bits per heavy atom. The van der Waals surface area contributed by atoms with Crippen LogP contribution < -0.4 is 0 Å². The summed E-state index contributed by atoms with van der Waals surface area (Å²) in [5.41, 5.74) is 0. The Kier molecular flexibility index (Phi) is 3.07. The topological polar surface area (TPSA) is 33.1 Å². The molecule has 1 rings (SSSR count). The molecule has 1 heterocycles. The van der Waals surface area contributed by atoms with Crippen LogP contribution in [0.25, 0.3) is 0 Å². The summed E-state index contributed by atoms with van der Waals surface area (Å²) in [5.74, 6) is 2.21. The molecule has 0 amide bonds. The fraction of sp³-hybridized carbons (Fsp3) is 0.167. The van der Waals surface area contributed by atoms with Crippen molar-refractivity contribution in [1.82, 2.24) is 4.98 Å². The predicted octanol–water partition coefficient (Wildman–Crippen LogP) is 2.33. The number of nitrogens with zero attached hydrogens (tertiary/aromatic N) is 1. The van der Waals surface area contributed by atoms with Crippen molar-refractivity contribution in [3.05, 3.63) is 13.4 Å². The Morgan fingerprint density at radius 1 is 1.64 bits per heavy atom. The number of rotatable bonds is 1. The molecule has 11 heavy (non-hydrogen) atoms. The minimum atomic E-state index is -0.867. The number of aliphatic hydroxyl groups is 1. The molecule has 0 aliphatic carbocycles. The molecule has 0 radical (unpaired) electrons. The number of aromatic nitrogens is 1. The summed E-state index contributed by atoms with van der Waals surface area (Å²) >= 11 is 7.66. The Morgan fingerprint density at radius 2 is 2.27 bits per heavy atom. The van der Waals surface area contributed by atoms with Gasteiger partial charge in [0.25, 0.3) is 0 Å². The first-order valence-electron chi connectivity index (χ1n) is 2.61. The van der Waals surface area contributed by atoms with Gasteiger partial charge in [-0.2, -0.15) is 0 Å². The van der Waals surface area contributed by atoms with Gasteiger partial charge in [0.05, 0.1) is 4.88 Å². The van der Waals surface area contributed by atoms with Gasteiger partial charge in [0, 0.05) is 0 Å².